The highest BCUT2D eigenvalue weighted by molar-refractivity contribution is 5.58. The second kappa shape index (κ2) is 6.54. The number of aromatic nitrogens is 7. The molecule has 1 unspecified atom stereocenters. The van der Waals surface area contributed by atoms with Crippen LogP contribution in [0.5, 0.6) is 0 Å². The summed E-state index contributed by atoms with van der Waals surface area (Å²) in [7, 11) is 0. The highest BCUT2D eigenvalue weighted by Gasteiger charge is 2.33. The molecule has 1 fully saturated rings. The highest BCUT2D eigenvalue weighted by Crippen LogP contribution is 2.31. The molecule has 1 atom stereocenters. The Morgan fingerprint density at radius 3 is 2.79 bits per heavy atom. The summed E-state index contributed by atoms with van der Waals surface area (Å²) in [6.45, 7) is 1.60. The summed E-state index contributed by atoms with van der Waals surface area (Å²) in [4.78, 5) is 18.5. The average molecular weight is 400 g/mol. The van der Waals surface area contributed by atoms with Crippen LogP contribution in [0, 0.1) is 0 Å². The first-order valence-electron chi connectivity index (χ1n) is 8.96. The minimum Gasteiger partial charge on any atom is -0.356 e. The van der Waals surface area contributed by atoms with Gasteiger partial charge in [-0.3, -0.25) is 9.50 Å². The molecule has 5 rings (SSSR count). The number of alkyl halides is 3. The van der Waals surface area contributed by atoms with Gasteiger partial charge in [-0.15, -0.1) is 0 Å². The molecule has 0 aromatic carbocycles. The Balaban J connectivity index is 1.47. The van der Waals surface area contributed by atoms with Crippen molar-refractivity contribution in [3.05, 3.63) is 54.5 Å². The number of fused-ring (bicyclic) bond motifs is 1. The van der Waals surface area contributed by atoms with E-state index in [1.165, 1.54) is 10.6 Å². The number of aromatic amines is 1. The lowest BCUT2D eigenvalue weighted by Gasteiger charge is -2.17. The van der Waals surface area contributed by atoms with E-state index in [9.17, 15) is 13.2 Å². The largest absolute Gasteiger partial charge is 0.434 e. The monoisotopic (exact) mass is 400 g/mol. The van der Waals surface area contributed by atoms with Crippen LogP contribution >= 0.6 is 0 Å². The maximum absolute atomic E-state index is 13.0. The first-order valence-corrected chi connectivity index (χ1v) is 8.96. The fraction of sp³-hybridized carbons (Fsp3) is 0.278. The summed E-state index contributed by atoms with van der Waals surface area (Å²) in [6.07, 6.45) is 5.20. The van der Waals surface area contributed by atoms with E-state index in [-0.39, 0.29) is 0 Å². The van der Waals surface area contributed by atoms with E-state index in [2.05, 4.69) is 35.0 Å². The second-order valence-electron chi connectivity index (χ2n) is 6.84. The molecule has 0 bridgehead atoms. The molecule has 1 aliphatic heterocycles. The lowest BCUT2D eigenvalue weighted by molar-refractivity contribution is -0.141. The van der Waals surface area contributed by atoms with Crippen LogP contribution in [0.4, 0.5) is 19.0 Å². The fourth-order valence-corrected chi connectivity index (χ4v) is 3.57. The van der Waals surface area contributed by atoms with Crippen LogP contribution in [0.25, 0.3) is 17.2 Å². The number of imidazole rings is 1. The number of hydrogen-bond donors (Lipinski definition) is 1. The normalized spacial score (nSPS) is 17.3. The van der Waals surface area contributed by atoms with Gasteiger partial charge in [0.1, 0.15) is 11.5 Å². The van der Waals surface area contributed by atoms with E-state index < -0.39 is 11.9 Å². The summed E-state index contributed by atoms with van der Waals surface area (Å²) >= 11 is 0. The molecule has 4 aromatic rings. The summed E-state index contributed by atoms with van der Waals surface area (Å²) in [5.41, 5.74) is 0.821. The van der Waals surface area contributed by atoms with Crippen molar-refractivity contribution in [2.45, 2.75) is 18.5 Å². The predicted octanol–water partition coefficient (Wildman–Crippen LogP) is 2.92. The predicted molar refractivity (Wildman–Crippen MR) is 97.2 cm³/mol. The molecule has 0 amide bonds. The van der Waals surface area contributed by atoms with E-state index in [4.69, 9.17) is 0 Å². The molecule has 0 aliphatic carbocycles. The Kier molecular flexibility index (Phi) is 3.96. The van der Waals surface area contributed by atoms with Crippen molar-refractivity contribution in [1.29, 1.82) is 0 Å². The Bertz CT molecular complexity index is 1150. The third kappa shape index (κ3) is 3.18. The van der Waals surface area contributed by atoms with Gasteiger partial charge >= 0.3 is 6.18 Å². The summed E-state index contributed by atoms with van der Waals surface area (Å²) in [5.74, 6) is 1.38. The molecule has 0 spiro atoms. The first kappa shape index (κ1) is 17.6. The number of nitrogens with zero attached hydrogens (tertiary/aromatic N) is 7. The van der Waals surface area contributed by atoms with Crippen LogP contribution in [-0.4, -0.2) is 47.6 Å². The molecule has 4 aromatic heterocycles. The van der Waals surface area contributed by atoms with Crippen molar-refractivity contribution in [3.63, 3.8) is 0 Å². The van der Waals surface area contributed by atoms with E-state index in [0.29, 0.717) is 23.1 Å². The average Bonchev–Trinajstić information content (AvgIpc) is 3.46. The van der Waals surface area contributed by atoms with Gasteiger partial charge in [-0.25, -0.2) is 19.9 Å². The number of hydrogen-bond acceptors (Lipinski definition) is 6. The van der Waals surface area contributed by atoms with Gasteiger partial charge in [-0.05, 0) is 18.1 Å². The van der Waals surface area contributed by atoms with Crippen LogP contribution < -0.4 is 4.90 Å². The van der Waals surface area contributed by atoms with Gasteiger partial charge < -0.3 is 4.90 Å². The summed E-state index contributed by atoms with van der Waals surface area (Å²) in [5, 5.41) is 6.83. The maximum atomic E-state index is 13.0. The standard InChI is InChI=1S/C18H15F3N8/c19-18(20,21)14-10-29-13(7-24-16(29)8-23-14)17-22-3-1-15(27-17)28-4-2-11(9-28)12-5-25-26-6-12/h1,3,5-8,10-11H,2,4,9H2,(H,25,26). The van der Waals surface area contributed by atoms with Crippen molar-refractivity contribution < 1.29 is 13.2 Å². The van der Waals surface area contributed by atoms with E-state index >= 15 is 0 Å². The van der Waals surface area contributed by atoms with Crippen LogP contribution in [0.1, 0.15) is 23.6 Å². The molecular weight excluding hydrogens is 385 g/mol. The van der Waals surface area contributed by atoms with Crippen LogP contribution in [0.3, 0.4) is 0 Å². The Labute approximate surface area is 162 Å². The van der Waals surface area contributed by atoms with E-state index in [1.54, 1.807) is 12.3 Å². The second-order valence-corrected chi connectivity index (χ2v) is 6.84. The zero-order chi connectivity index (χ0) is 20.0. The molecule has 8 nitrogen and oxygen atoms in total. The number of rotatable bonds is 3. The van der Waals surface area contributed by atoms with Gasteiger partial charge in [0.25, 0.3) is 0 Å². The van der Waals surface area contributed by atoms with Crippen LogP contribution in [0.15, 0.2) is 43.2 Å². The van der Waals surface area contributed by atoms with Crippen molar-refractivity contribution in [3.8, 4) is 11.5 Å². The topological polar surface area (TPSA) is 87.9 Å². The van der Waals surface area contributed by atoms with E-state index in [0.717, 1.165) is 43.3 Å². The third-order valence-corrected chi connectivity index (χ3v) is 5.06. The minimum absolute atomic E-state index is 0.295. The van der Waals surface area contributed by atoms with Gasteiger partial charge in [0.15, 0.2) is 17.2 Å². The van der Waals surface area contributed by atoms with Crippen molar-refractivity contribution in [1.82, 2.24) is 34.5 Å². The zero-order valence-electron chi connectivity index (χ0n) is 15.0. The smallest absolute Gasteiger partial charge is 0.356 e. The Morgan fingerprint density at radius 1 is 1.10 bits per heavy atom. The highest BCUT2D eigenvalue weighted by atomic mass is 19.4. The van der Waals surface area contributed by atoms with E-state index in [1.807, 2.05) is 12.4 Å². The summed E-state index contributed by atoms with van der Waals surface area (Å²) in [6, 6.07) is 1.80. The number of anilines is 1. The quantitative estimate of drug-likeness (QED) is 0.569. The molecule has 0 saturated carbocycles. The molecule has 148 valence electrons. The Morgan fingerprint density at radius 2 is 2.00 bits per heavy atom. The number of H-pyrrole nitrogens is 1. The van der Waals surface area contributed by atoms with Crippen molar-refractivity contribution in [2.24, 2.45) is 0 Å². The zero-order valence-corrected chi connectivity index (χ0v) is 15.0. The molecule has 29 heavy (non-hydrogen) atoms. The summed E-state index contributed by atoms with van der Waals surface area (Å²) < 4.78 is 40.4. The maximum Gasteiger partial charge on any atom is 0.434 e. The first-order chi connectivity index (χ1) is 14.0. The third-order valence-electron chi connectivity index (χ3n) is 5.06. The molecule has 1 saturated heterocycles. The lowest BCUT2D eigenvalue weighted by Crippen LogP contribution is -2.20. The van der Waals surface area contributed by atoms with Crippen LogP contribution in [-0.2, 0) is 6.18 Å². The number of nitrogens with one attached hydrogen (secondary N) is 1. The van der Waals surface area contributed by atoms with Crippen molar-refractivity contribution in [2.75, 3.05) is 18.0 Å². The van der Waals surface area contributed by atoms with Gasteiger partial charge in [-0.2, -0.15) is 18.3 Å². The molecule has 0 radical (unpaired) electrons. The van der Waals surface area contributed by atoms with Gasteiger partial charge in [0.05, 0.1) is 18.6 Å². The molecular formula is C18H15F3N8. The molecule has 11 heteroatoms. The van der Waals surface area contributed by atoms with Crippen molar-refractivity contribution >= 4 is 11.5 Å². The fourth-order valence-electron chi connectivity index (χ4n) is 3.57. The SMILES string of the molecule is FC(F)(F)c1cn2c(-c3nccc(N4CCC(c5cn[nH]c5)C4)n3)cnc2cn1. The molecule has 1 N–H and O–H groups in total. The Hall–Kier alpha value is -3.50. The van der Waals surface area contributed by atoms with Gasteiger partial charge in [0.2, 0.25) is 0 Å². The number of halogens is 3. The molecule has 1 aliphatic rings. The van der Waals surface area contributed by atoms with Gasteiger partial charge in [0, 0.05) is 37.6 Å². The minimum atomic E-state index is -4.55. The lowest BCUT2D eigenvalue weighted by atomic mass is 10.0. The van der Waals surface area contributed by atoms with Gasteiger partial charge in [-0.1, -0.05) is 0 Å². The molecule has 5 heterocycles. The van der Waals surface area contributed by atoms with Crippen LogP contribution in [0.2, 0.25) is 0 Å².